The molecule has 0 fully saturated rings. The van der Waals surface area contributed by atoms with Gasteiger partial charge in [-0.2, -0.15) is 0 Å². The zero-order valence-corrected chi connectivity index (χ0v) is 13.2. The third-order valence-electron chi connectivity index (χ3n) is 3.22. The average Bonchev–Trinajstić information content (AvgIpc) is 2.97. The summed E-state index contributed by atoms with van der Waals surface area (Å²) in [6, 6.07) is 3.40. The fraction of sp³-hybridized carbons (Fsp3) is 0.375. The second kappa shape index (κ2) is 6.87. The molecule has 0 saturated carbocycles. The third-order valence-corrected chi connectivity index (χ3v) is 3.22. The van der Waals surface area contributed by atoms with Crippen molar-refractivity contribution in [1.29, 1.82) is 0 Å². The Morgan fingerprint density at radius 2 is 2.09 bits per heavy atom. The average molecular weight is 324 g/mol. The van der Waals surface area contributed by atoms with Crippen LogP contribution in [0, 0.1) is 11.6 Å². The Kier molecular flexibility index (Phi) is 5.10. The van der Waals surface area contributed by atoms with Crippen LogP contribution < -0.4 is 5.32 Å². The summed E-state index contributed by atoms with van der Waals surface area (Å²) in [6.07, 6.45) is 1.39. The van der Waals surface area contributed by atoms with Crippen LogP contribution in [0.3, 0.4) is 0 Å². The molecule has 5 nitrogen and oxygen atoms in total. The lowest BCUT2D eigenvalue weighted by molar-refractivity contribution is -0.149. The van der Waals surface area contributed by atoms with E-state index in [1.165, 1.54) is 12.3 Å². The van der Waals surface area contributed by atoms with E-state index in [1.807, 2.05) is 0 Å². The van der Waals surface area contributed by atoms with Gasteiger partial charge in [-0.15, -0.1) is 0 Å². The molecule has 1 heterocycles. The number of carbonyl (C=O) groups is 1. The predicted octanol–water partition coefficient (Wildman–Crippen LogP) is 3.05. The molecule has 0 spiro atoms. The maximum absolute atomic E-state index is 13.2. The van der Waals surface area contributed by atoms with Gasteiger partial charge in [0.25, 0.3) is 0 Å². The number of hydrogen-bond donors (Lipinski definition) is 1. The highest BCUT2D eigenvalue weighted by Crippen LogP contribution is 2.21. The van der Waals surface area contributed by atoms with E-state index >= 15 is 0 Å². The van der Waals surface area contributed by atoms with Gasteiger partial charge in [0, 0.05) is 12.1 Å². The quantitative estimate of drug-likeness (QED) is 0.827. The van der Waals surface area contributed by atoms with Crippen LogP contribution in [0.5, 0.6) is 0 Å². The minimum atomic E-state index is -0.969. The number of oxazole rings is 1. The fourth-order valence-electron chi connectivity index (χ4n) is 1.85. The van der Waals surface area contributed by atoms with Gasteiger partial charge in [0.15, 0.2) is 11.6 Å². The molecule has 1 N–H and O–H groups in total. The fourth-order valence-corrected chi connectivity index (χ4v) is 1.85. The highest BCUT2D eigenvalue weighted by atomic mass is 19.2. The standard InChI is InChI=1S/C16H18F2N2O3/c1-4-22-15(21)16(2,3)19-8-11-9-23-14(20-11)10-5-6-12(17)13(18)7-10/h5-7,9,19H,4,8H2,1-3H3. The molecule has 0 atom stereocenters. The molecular weight excluding hydrogens is 306 g/mol. The van der Waals surface area contributed by atoms with Gasteiger partial charge in [0.2, 0.25) is 5.89 Å². The van der Waals surface area contributed by atoms with Gasteiger partial charge in [-0.05, 0) is 39.0 Å². The normalized spacial score (nSPS) is 11.5. The first-order chi connectivity index (χ1) is 10.8. The zero-order chi connectivity index (χ0) is 17.0. The van der Waals surface area contributed by atoms with Crippen LogP contribution >= 0.6 is 0 Å². The molecule has 124 valence electrons. The molecule has 2 rings (SSSR count). The highest BCUT2D eigenvalue weighted by Gasteiger charge is 2.28. The Labute approximate surface area is 132 Å². The van der Waals surface area contributed by atoms with E-state index in [2.05, 4.69) is 10.3 Å². The molecule has 1 aromatic carbocycles. The molecule has 7 heteroatoms. The Morgan fingerprint density at radius 1 is 1.35 bits per heavy atom. The van der Waals surface area contributed by atoms with Crippen molar-refractivity contribution in [3.05, 3.63) is 41.8 Å². The number of carbonyl (C=O) groups excluding carboxylic acids is 1. The number of rotatable bonds is 6. The van der Waals surface area contributed by atoms with Crippen molar-refractivity contribution >= 4 is 5.97 Å². The van der Waals surface area contributed by atoms with Crippen LogP contribution in [0.1, 0.15) is 26.5 Å². The summed E-state index contributed by atoms with van der Waals surface area (Å²) in [7, 11) is 0. The topological polar surface area (TPSA) is 64.4 Å². The number of benzene rings is 1. The molecule has 0 aliphatic rings. The molecule has 0 radical (unpaired) electrons. The lowest BCUT2D eigenvalue weighted by Crippen LogP contribution is -2.47. The number of esters is 1. The molecule has 0 aliphatic heterocycles. The van der Waals surface area contributed by atoms with E-state index in [0.717, 1.165) is 12.1 Å². The lowest BCUT2D eigenvalue weighted by atomic mass is 10.1. The summed E-state index contributed by atoms with van der Waals surface area (Å²) in [6.45, 7) is 5.69. The van der Waals surface area contributed by atoms with Crippen LogP contribution in [0.2, 0.25) is 0 Å². The summed E-state index contributed by atoms with van der Waals surface area (Å²) in [4.78, 5) is 16.0. The van der Waals surface area contributed by atoms with Crippen molar-refractivity contribution in [3.8, 4) is 11.5 Å². The number of ether oxygens (including phenoxy) is 1. The zero-order valence-electron chi connectivity index (χ0n) is 13.2. The third kappa shape index (κ3) is 4.13. The van der Waals surface area contributed by atoms with Crippen molar-refractivity contribution in [1.82, 2.24) is 10.3 Å². The first-order valence-corrected chi connectivity index (χ1v) is 7.15. The van der Waals surface area contributed by atoms with Crippen LogP contribution in [0.25, 0.3) is 11.5 Å². The smallest absolute Gasteiger partial charge is 0.325 e. The van der Waals surface area contributed by atoms with Crippen molar-refractivity contribution in [3.63, 3.8) is 0 Å². The Morgan fingerprint density at radius 3 is 2.74 bits per heavy atom. The Bertz CT molecular complexity index is 698. The van der Waals surface area contributed by atoms with Crippen LogP contribution in [-0.2, 0) is 16.1 Å². The molecular formula is C16H18F2N2O3. The predicted molar refractivity (Wildman–Crippen MR) is 79.4 cm³/mol. The number of nitrogens with one attached hydrogen (secondary N) is 1. The van der Waals surface area contributed by atoms with Gasteiger partial charge in [-0.25, -0.2) is 13.8 Å². The van der Waals surface area contributed by atoms with Crippen molar-refractivity contribution < 1.29 is 22.7 Å². The second-order valence-corrected chi connectivity index (χ2v) is 5.47. The number of hydrogen-bond acceptors (Lipinski definition) is 5. The maximum Gasteiger partial charge on any atom is 0.325 e. The van der Waals surface area contributed by atoms with E-state index in [-0.39, 0.29) is 18.4 Å². The van der Waals surface area contributed by atoms with Crippen molar-refractivity contribution in [2.75, 3.05) is 6.61 Å². The largest absolute Gasteiger partial charge is 0.465 e. The molecule has 23 heavy (non-hydrogen) atoms. The molecule has 0 aliphatic carbocycles. The van der Waals surface area contributed by atoms with E-state index in [0.29, 0.717) is 17.9 Å². The van der Waals surface area contributed by atoms with Crippen LogP contribution in [0.15, 0.2) is 28.9 Å². The molecule has 1 aromatic heterocycles. The van der Waals surface area contributed by atoms with Crippen LogP contribution in [0.4, 0.5) is 8.78 Å². The maximum atomic E-state index is 13.2. The summed E-state index contributed by atoms with van der Waals surface area (Å²) < 4.78 is 36.4. The van der Waals surface area contributed by atoms with Crippen molar-refractivity contribution in [2.24, 2.45) is 0 Å². The van der Waals surface area contributed by atoms with Gasteiger partial charge in [0.05, 0.1) is 12.3 Å². The molecule has 0 saturated heterocycles. The number of aromatic nitrogens is 1. The van der Waals surface area contributed by atoms with Gasteiger partial charge in [0.1, 0.15) is 11.8 Å². The SMILES string of the molecule is CCOC(=O)C(C)(C)NCc1coc(-c2ccc(F)c(F)c2)n1. The molecule has 0 unspecified atom stereocenters. The number of halogens is 2. The monoisotopic (exact) mass is 324 g/mol. The summed E-state index contributed by atoms with van der Waals surface area (Å²) in [5, 5.41) is 3.01. The van der Waals surface area contributed by atoms with E-state index in [4.69, 9.17) is 9.15 Å². The molecule has 0 amide bonds. The van der Waals surface area contributed by atoms with E-state index < -0.39 is 17.2 Å². The summed E-state index contributed by atoms with van der Waals surface area (Å²) >= 11 is 0. The highest BCUT2D eigenvalue weighted by molar-refractivity contribution is 5.79. The Hall–Kier alpha value is -2.28. The first-order valence-electron chi connectivity index (χ1n) is 7.15. The summed E-state index contributed by atoms with van der Waals surface area (Å²) in [5.41, 5.74) is -0.0150. The minimum absolute atomic E-state index is 0.176. The number of nitrogens with zero attached hydrogens (tertiary/aromatic N) is 1. The minimum Gasteiger partial charge on any atom is -0.465 e. The van der Waals surface area contributed by atoms with Gasteiger partial charge in [-0.1, -0.05) is 0 Å². The first kappa shape index (κ1) is 17.1. The lowest BCUT2D eigenvalue weighted by Gasteiger charge is -2.23. The van der Waals surface area contributed by atoms with E-state index in [9.17, 15) is 13.6 Å². The van der Waals surface area contributed by atoms with Gasteiger partial charge < -0.3 is 9.15 Å². The summed E-state index contributed by atoms with van der Waals surface area (Å²) in [5.74, 6) is -2.10. The second-order valence-electron chi connectivity index (χ2n) is 5.47. The van der Waals surface area contributed by atoms with Crippen molar-refractivity contribution in [2.45, 2.75) is 32.9 Å². The van der Waals surface area contributed by atoms with Crippen LogP contribution in [-0.4, -0.2) is 23.1 Å². The van der Waals surface area contributed by atoms with Gasteiger partial charge >= 0.3 is 5.97 Å². The van der Waals surface area contributed by atoms with E-state index in [1.54, 1.807) is 20.8 Å². The Balaban J connectivity index is 2.05. The van der Waals surface area contributed by atoms with Gasteiger partial charge in [-0.3, -0.25) is 10.1 Å². The molecule has 0 bridgehead atoms. The molecule has 2 aromatic rings.